The Labute approximate surface area is 154 Å². The van der Waals surface area contributed by atoms with Gasteiger partial charge in [0.2, 0.25) is 6.79 Å². The van der Waals surface area contributed by atoms with Crippen molar-refractivity contribution in [3.63, 3.8) is 0 Å². The summed E-state index contributed by atoms with van der Waals surface area (Å²) in [5, 5.41) is 2.99. The number of nitrogens with zero attached hydrogens (tertiary/aromatic N) is 1. The van der Waals surface area contributed by atoms with E-state index in [1.54, 1.807) is 36.4 Å². The van der Waals surface area contributed by atoms with Gasteiger partial charge in [-0.15, -0.1) is 0 Å². The van der Waals surface area contributed by atoms with Gasteiger partial charge in [-0.1, -0.05) is 17.7 Å². The van der Waals surface area contributed by atoms with Crippen molar-refractivity contribution >= 4 is 35.4 Å². The summed E-state index contributed by atoms with van der Waals surface area (Å²) < 4.78 is 15.6. The molecule has 1 amide bonds. The highest BCUT2D eigenvalue weighted by molar-refractivity contribution is 6.30. The number of ether oxygens (including phenoxy) is 3. The lowest BCUT2D eigenvalue weighted by molar-refractivity contribution is -0.148. The fraction of sp³-hybridized carbons (Fsp3) is 0.167. The molecule has 1 atom stereocenters. The molecule has 0 spiro atoms. The number of hydrogen-bond donors (Lipinski definition) is 1. The molecule has 0 unspecified atom stereocenters. The number of nitrogens with one attached hydrogen (secondary N) is 1. The number of carbonyl (C=O) groups is 2. The van der Waals surface area contributed by atoms with Gasteiger partial charge in [-0.3, -0.25) is 4.79 Å². The smallest absolute Gasteiger partial charge is 0.331 e. The van der Waals surface area contributed by atoms with Gasteiger partial charge in [-0.05, 0) is 42.8 Å². The Morgan fingerprint density at radius 2 is 2.08 bits per heavy atom. The first-order valence-corrected chi connectivity index (χ1v) is 8.10. The van der Waals surface area contributed by atoms with Crippen molar-refractivity contribution < 1.29 is 23.8 Å². The van der Waals surface area contributed by atoms with Crippen molar-refractivity contribution in [2.24, 2.45) is 0 Å². The average Bonchev–Trinajstić information content (AvgIpc) is 3.09. The van der Waals surface area contributed by atoms with Crippen molar-refractivity contribution in [1.29, 1.82) is 0 Å². The molecule has 8 heteroatoms. The first kappa shape index (κ1) is 17.8. The Morgan fingerprint density at radius 3 is 2.85 bits per heavy atom. The SMILES string of the molecule is C[C@@H](OC(=O)/C=C/c1ccc2c(c1)OCO2)C(=O)Nc1ccc(Cl)cn1. The van der Waals surface area contributed by atoms with Gasteiger partial charge in [0.05, 0.1) is 5.02 Å². The Morgan fingerprint density at radius 1 is 1.27 bits per heavy atom. The Bertz CT molecular complexity index is 851. The number of benzene rings is 1. The maximum atomic E-state index is 12.0. The van der Waals surface area contributed by atoms with E-state index >= 15 is 0 Å². The van der Waals surface area contributed by atoms with Crippen LogP contribution in [-0.4, -0.2) is 29.8 Å². The number of amides is 1. The fourth-order valence-electron chi connectivity index (χ4n) is 2.13. The van der Waals surface area contributed by atoms with E-state index in [1.807, 2.05) is 0 Å². The van der Waals surface area contributed by atoms with Gasteiger partial charge < -0.3 is 19.5 Å². The second-order valence-electron chi connectivity index (χ2n) is 5.38. The number of aromatic nitrogens is 1. The Hall–Kier alpha value is -3.06. The molecule has 7 nitrogen and oxygen atoms in total. The number of fused-ring (bicyclic) bond motifs is 1. The van der Waals surface area contributed by atoms with Crippen molar-refractivity contribution in [3.05, 3.63) is 53.2 Å². The minimum Gasteiger partial charge on any atom is -0.454 e. The van der Waals surface area contributed by atoms with Gasteiger partial charge in [-0.2, -0.15) is 0 Å². The minimum atomic E-state index is -0.985. The lowest BCUT2D eigenvalue weighted by atomic mass is 10.2. The van der Waals surface area contributed by atoms with E-state index < -0.39 is 18.0 Å². The maximum absolute atomic E-state index is 12.0. The van der Waals surface area contributed by atoms with Gasteiger partial charge >= 0.3 is 5.97 Å². The molecule has 0 aliphatic carbocycles. The number of esters is 1. The molecule has 0 radical (unpaired) electrons. The third kappa shape index (κ3) is 4.52. The molecule has 2 heterocycles. The quantitative estimate of drug-likeness (QED) is 0.639. The molecule has 0 saturated carbocycles. The van der Waals surface area contributed by atoms with Crippen LogP contribution in [0.25, 0.3) is 6.08 Å². The highest BCUT2D eigenvalue weighted by atomic mass is 35.5. The minimum absolute atomic E-state index is 0.180. The second kappa shape index (κ2) is 7.88. The van der Waals surface area contributed by atoms with Crippen LogP contribution in [0.5, 0.6) is 11.5 Å². The normalized spacial score (nSPS) is 13.5. The highest BCUT2D eigenvalue weighted by Gasteiger charge is 2.17. The van der Waals surface area contributed by atoms with E-state index in [4.69, 9.17) is 25.8 Å². The van der Waals surface area contributed by atoms with Crippen molar-refractivity contribution in [1.82, 2.24) is 4.98 Å². The highest BCUT2D eigenvalue weighted by Crippen LogP contribution is 2.32. The monoisotopic (exact) mass is 374 g/mol. The number of halogens is 1. The van der Waals surface area contributed by atoms with E-state index in [0.717, 1.165) is 5.56 Å². The summed E-state index contributed by atoms with van der Waals surface area (Å²) in [6, 6.07) is 8.42. The summed E-state index contributed by atoms with van der Waals surface area (Å²) in [5.41, 5.74) is 0.744. The van der Waals surface area contributed by atoms with E-state index in [2.05, 4.69) is 10.3 Å². The summed E-state index contributed by atoms with van der Waals surface area (Å²) in [6.45, 7) is 1.65. The number of pyridine rings is 1. The number of rotatable bonds is 5. The van der Waals surface area contributed by atoms with Gasteiger partial charge in [0, 0.05) is 12.3 Å². The lowest BCUT2D eigenvalue weighted by Gasteiger charge is -2.11. The van der Waals surface area contributed by atoms with E-state index in [-0.39, 0.29) is 6.79 Å². The topological polar surface area (TPSA) is 86.8 Å². The fourth-order valence-corrected chi connectivity index (χ4v) is 2.24. The number of anilines is 1. The first-order valence-electron chi connectivity index (χ1n) is 7.72. The summed E-state index contributed by atoms with van der Waals surface area (Å²) in [5.74, 6) is 0.451. The van der Waals surface area contributed by atoms with E-state index in [9.17, 15) is 9.59 Å². The third-order valence-electron chi connectivity index (χ3n) is 3.45. The molecule has 1 aliphatic rings. The third-order valence-corrected chi connectivity index (χ3v) is 3.67. The number of carbonyl (C=O) groups excluding carboxylic acids is 2. The summed E-state index contributed by atoms with van der Waals surface area (Å²) >= 11 is 5.73. The van der Waals surface area contributed by atoms with Crippen LogP contribution >= 0.6 is 11.6 Å². The molecule has 0 fully saturated rings. The molecule has 3 rings (SSSR count). The predicted molar refractivity (Wildman–Crippen MR) is 95.0 cm³/mol. The summed E-state index contributed by atoms with van der Waals surface area (Å²) in [4.78, 5) is 27.8. The summed E-state index contributed by atoms with van der Waals surface area (Å²) in [7, 11) is 0. The lowest BCUT2D eigenvalue weighted by Crippen LogP contribution is -2.29. The average molecular weight is 375 g/mol. The van der Waals surface area contributed by atoms with E-state index in [0.29, 0.717) is 22.3 Å². The molecular weight excluding hydrogens is 360 g/mol. The second-order valence-corrected chi connectivity index (χ2v) is 5.81. The van der Waals surface area contributed by atoms with Crippen LogP contribution < -0.4 is 14.8 Å². The van der Waals surface area contributed by atoms with Crippen LogP contribution in [0.3, 0.4) is 0 Å². The van der Waals surface area contributed by atoms with Crippen molar-refractivity contribution in [2.75, 3.05) is 12.1 Å². The zero-order valence-electron chi connectivity index (χ0n) is 13.8. The molecule has 0 bridgehead atoms. The van der Waals surface area contributed by atoms with Gasteiger partial charge in [0.25, 0.3) is 5.91 Å². The Balaban J connectivity index is 1.53. The zero-order chi connectivity index (χ0) is 18.5. The van der Waals surface area contributed by atoms with Crippen LogP contribution in [0.2, 0.25) is 5.02 Å². The molecule has 26 heavy (non-hydrogen) atoms. The van der Waals surface area contributed by atoms with Gasteiger partial charge in [-0.25, -0.2) is 9.78 Å². The maximum Gasteiger partial charge on any atom is 0.331 e. The van der Waals surface area contributed by atoms with E-state index in [1.165, 1.54) is 19.2 Å². The van der Waals surface area contributed by atoms with Crippen LogP contribution in [0.15, 0.2) is 42.6 Å². The van der Waals surface area contributed by atoms with Crippen LogP contribution in [0.4, 0.5) is 5.82 Å². The predicted octanol–water partition coefficient (Wildman–Crippen LogP) is 3.05. The molecule has 134 valence electrons. The molecule has 2 aromatic rings. The van der Waals surface area contributed by atoms with Crippen LogP contribution in [0, 0.1) is 0 Å². The molecule has 1 aromatic heterocycles. The molecule has 1 aromatic carbocycles. The van der Waals surface area contributed by atoms with Crippen molar-refractivity contribution in [2.45, 2.75) is 13.0 Å². The standard InChI is InChI=1S/C18H15ClN2O5/c1-11(18(23)21-16-6-4-13(19)9-20-16)26-17(22)7-3-12-2-5-14-15(8-12)25-10-24-14/h2-9,11H,10H2,1H3,(H,20,21,23)/b7-3+/t11-/m1/s1. The molecule has 0 saturated heterocycles. The largest absolute Gasteiger partial charge is 0.454 e. The van der Waals surface area contributed by atoms with Crippen LogP contribution in [-0.2, 0) is 14.3 Å². The summed E-state index contributed by atoms with van der Waals surface area (Å²) in [6.07, 6.45) is 3.22. The molecular formula is C18H15ClN2O5. The number of hydrogen-bond acceptors (Lipinski definition) is 6. The first-order chi connectivity index (χ1) is 12.5. The van der Waals surface area contributed by atoms with Crippen molar-refractivity contribution in [3.8, 4) is 11.5 Å². The molecule has 1 N–H and O–H groups in total. The van der Waals surface area contributed by atoms with Gasteiger partial charge in [0.15, 0.2) is 17.6 Å². The molecule has 1 aliphatic heterocycles. The van der Waals surface area contributed by atoms with Gasteiger partial charge in [0.1, 0.15) is 5.82 Å². The Kier molecular flexibility index (Phi) is 5.38. The van der Waals surface area contributed by atoms with Crippen LogP contribution in [0.1, 0.15) is 12.5 Å². The zero-order valence-corrected chi connectivity index (χ0v) is 14.5.